The van der Waals surface area contributed by atoms with Crippen molar-refractivity contribution in [2.24, 2.45) is 0 Å². The van der Waals surface area contributed by atoms with Crippen LogP contribution >= 0.6 is 11.8 Å². The van der Waals surface area contributed by atoms with Crippen LogP contribution in [0.5, 0.6) is 11.5 Å². The number of nitrogens with zero attached hydrogens (tertiary/aromatic N) is 1. The summed E-state index contributed by atoms with van der Waals surface area (Å²) in [5, 5.41) is 4.07. The number of hydrogen-bond donors (Lipinski definition) is 1. The van der Waals surface area contributed by atoms with Crippen LogP contribution in [0.15, 0.2) is 65.6 Å². The molecule has 1 aliphatic rings. The molecule has 1 fully saturated rings. The second kappa shape index (κ2) is 9.80. The molecule has 0 spiro atoms. The van der Waals surface area contributed by atoms with Gasteiger partial charge in [-0.25, -0.2) is 0 Å². The minimum absolute atomic E-state index is 0.172. The average molecular weight is 477 g/mol. The lowest BCUT2D eigenvalue weighted by Gasteiger charge is -2.13. The summed E-state index contributed by atoms with van der Waals surface area (Å²) in [5.74, 6) is -0.990. The van der Waals surface area contributed by atoms with Gasteiger partial charge in [0.2, 0.25) is 5.91 Å². The van der Waals surface area contributed by atoms with Gasteiger partial charge in [0.15, 0.2) is 11.5 Å². The minimum atomic E-state index is -0.564. The summed E-state index contributed by atoms with van der Waals surface area (Å²) in [7, 11) is 1.43. The number of rotatable bonds is 6. The maximum atomic E-state index is 12.8. The third kappa shape index (κ3) is 4.94. The van der Waals surface area contributed by atoms with E-state index >= 15 is 0 Å². The van der Waals surface area contributed by atoms with Gasteiger partial charge in [-0.05, 0) is 47.0 Å². The molecule has 1 saturated heterocycles. The number of ether oxygens (including phenoxy) is 2. The first-order chi connectivity index (χ1) is 16.4. The number of carbonyl (C=O) groups is 4. The fourth-order valence-electron chi connectivity index (χ4n) is 3.47. The van der Waals surface area contributed by atoms with E-state index in [9.17, 15) is 19.2 Å². The Bertz CT molecular complexity index is 1340. The van der Waals surface area contributed by atoms with Gasteiger partial charge >= 0.3 is 5.97 Å². The van der Waals surface area contributed by atoms with Crippen molar-refractivity contribution >= 4 is 57.3 Å². The average Bonchev–Trinajstić information content (AvgIpc) is 3.07. The lowest BCUT2D eigenvalue weighted by molar-refractivity contribution is -0.132. The molecule has 4 rings (SSSR count). The number of fused-ring (bicyclic) bond motifs is 1. The van der Waals surface area contributed by atoms with Gasteiger partial charge in [0.05, 0.1) is 12.0 Å². The summed E-state index contributed by atoms with van der Waals surface area (Å²) in [6.07, 6.45) is 1.52. The normalized spacial score (nSPS) is 14.5. The molecule has 3 amide bonds. The van der Waals surface area contributed by atoms with E-state index in [1.165, 1.54) is 26.2 Å². The van der Waals surface area contributed by atoms with E-state index in [1.807, 2.05) is 36.4 Å². The summed E-state index contributed by atoms with van der Waals surface area (Å²) < 4.78 is 10.3. The molecule has 8 nitrogen and oxygen atoms in total. The van der Waals surface area contributed by atoms with Crippen LogP contribution in [0.1, 0.15) is 12.5 Å². The number of thioether (sulfide) groups is 1. The van der Waals surface area contributed by atoms with Gasteiger partial charge in [-0.3, -0.25) is 24.1 Å². The molecular weight excluding hydrogens is 456 g/mol. The first kappa shape index (κ1) is 23.1. The molecule has 3 aromatic rings. The van der Waals surface area contributed by atoms with Gasteiger partial charge in [-0.1, -0.05) is 42.5 Å². The molecule has 0 aliphatic carbocycles. The molecule has 0 atom stereocenters. The zero-order chi connectivity index (χ0) is 24.2. The van der Waals surface area contributed by atoms with Gasteiger partial charge in [0, 0.05) is 18.0 Å². The Hall–Kier alpha value is -4.11. The van der Waals surface area contributed by atoms with Gasteiger partial charge in [0.25, 0.3) is 11.1 Å². The van der Waals surface area contributed by atoms with E-state index in [-0.39, 0.29) is 10.7 Å². The topological polar surface area (TPSA) is 102 Å². The van der Waals surface area contributed by atoms with Gasteiger partial charge < -0.3 is 14.8 Å². The SMILES string of the molecule is COc1cc(/C=C2\SC(=O)N(CC(=O)Nc3cccc4ccccc34)C2=O)ccc1OC(C)=O. The van der Waals surface area contributed by atoms with Crippen LogP contribution < -0.4 is 14.8 Å². The van der Waals surface area contributed by atoms with E-state index in [0.29, 0.717) is 17.0 Å². The van der Waals surface area contributed by atoms with E-state index in [0.717, 1.165) is 27.4 Å². The largest absolute Gasteiger partial charge is 0.493 e. The highest BCUT2D eigenvalue weighted by Crippen LogP contribution is 2.34. The molecule has 0 bridgehead atoms. The zero-order valence-corrected chi connectivity index (χ0v) is 19.2. The number of amides is 3. The highest BCUT2D eigenvalue weighted by molar-refractivity contribution is 8.18. The van der Waals surface area contributed by atoms with E-state index in [2.05, 4.69) is 5.32 Å². The summed E-state index contributed by atoms with van der Waals surface area (Å²) in [6.45, 7) is 0.875. The van der Waals surface area contributed by atoms with Gasteiger partial charge in [0.1, 0.15) is 6.54 Å². The summed E-state index contributed by atoms with van der Waals surface area (Å²) in [4.78, 5) is 50.2. The highest BCUT2D eigenvalue weighted by Gasteiger charge is 2.36. The number of esters is 1. The molecule has 0 aromatic heterocycles. The number of imide groups is 1. The molecule has 172 valence electrons. The fraction of sp³-hybridized carbons (Fsp3) is 0.120. The van der Waals surface area contributed by atoms with Crippen LogP contribution in [-0.4, -0.2) is 41.6 Å². The van der Waals surface area contributed by atoms with Crippen molar-refractivity contribution in [3.8, 4) is 11.5 Å². The van der Waals surface area contributed by atoms with Crippen LogP contribution in [0, 0.1) is 0 Å². The number of hydrogen-bond acceptors (Lipinski definition) is 7. The van der Waals surface area contributed by atoms with Crippen molar-refractivity contribution in [3.05, 3.63) is 71.1 Å². The Kier molecular flexibility index (Phi) is 6.65. The van der Waals surface area contributed by atoms with Crippen LogP contribution in [0.4, 0.5) is 10.5 Å². The zero-order valence-electron chi connectivity index (χ0n) is 18.4. The predicted molar refractivity (Wildman–Crippen MR) is 130 cm³/mol. The smallest absolute Gasteiger partial charge is 0.308 e. The maximum absolute atomic E-state index is 12.8. The number of carbonyl (C=O) groups excluding carboxylic acids is 4. The maximum Gasteiger partial charge on any atom is 0.308 e. The molecule has 3 aromatic carbocycles. The summed E-state index contributed by atoms with van der Waals surface area (Å²) in [6, 6.07) is 17.8. The molecule has 0 radical (unpaired) electrons. The predicted octanol–water partition coefficient (Wildman–Crippen LogP) is 4.45. The number of methoxy groups -OCH3 is 1. The fourth-order valence-corrected chi connectivity index (χ4v) is 4.31. The van der Waals surface area contributed by atoms with Crippen LogP contribution in [-0.2, 0) is 14.4 Å². The monoisotopic (exact) mass is 476 g/mol. The van der Waals surface area contributed by atoms with Crippen LogP contribution in [0.25, 0.3) is 16.8 Å². The lowest BCUT2D eigenvalue weighted by atomic mass is 10.1. The molecular formula is C25H20N2O6S. The summed E-state index contributed by atoms with van der Waals surface area (Å²) in [5.41, 5.74) is 1.17. The van der Waals surface area contributed by atoms with Crippen molar-refractivity contribution in [1.29, 1.82) is 0 Å². The molecule has 1 aliphatic heterocycles. The Morgan fingerprint density at radius 2 is 1.79 bits per heavy atom. The van der Waals surface area contributed by atoms with Crippen LogP contribution in [0.2, 0.25) is 0 Å². The van der Waals surface area contributed by atoms with Gasteiger partial charge in [-0.2, -0.15) is 0 Å². The number of benzene rings is 3. The quantitative estimate of drug-likeness (QED) is 0.319. The molecule has 1 N–H and O–H groups in total. The number of anilines is 1. The van der Waals surface area contributed by atoms with Crippen LogP contribution in [0.3, 0.4) is 0 Å². The first-order valence-electron chi connectivity index (χ1n) is 10.2. The number of nitrogens with one attached hydrogen (secondary N) is 1. The first-order valence-corrected chi connectivity index (χ1v) is 11.1. The van der Waals surface area contributed by atoms with Crippen molar-refractivity contribution in [3.63, 3.8) is 0 Å². The van der Waals surface area contributed by atoms with Crippen molar-refractivity contribution in [2.75, 3.05) is 19.0 Å². The van der Waals surface area contributed by atoms with Crippen molar-refractivity contribution < 1.29 is 28.7 Å². The molecule has 0 unspecified atom stereocenters. The standard InChI is InChI=1S/C25H20N2O6S/c1-15(28)33-20-11-10-16(12-21(20)32-2)13-22-24(30)27(25(31)34-22)14-23(29)26-19-9-5-7-17-6-3-4-8-18(17)19/h3-13H,14H2,1-2H3,(H,26,29)/b22-13-. The van der Waals surface area contributed by atoms with E-state index in [1.54, 1.807) is 18.2 Å². The summed E-state index contributed by atoms with van der Waals surface area (Å²) >= 11 is 0.748. The third-order valence-corrected chi connectivity index (χ3v) is 5.89. The Balaban J connectivity index is 1.49. The molecule has 34 heavy (non-hydrogen) atoms. The second-order valence-electron chi connectivity index (χ2n) is 7.35. The highest BCUT2D eigenvalue weighted by atomic mass is 32.2. The van der Waals surface area contributed by atoms with Crippen molar-refractivity contribution in [2.45, 2.75) is 6.92 Å². The Morgan fingerprint density at radius 1 is 1.03 bits per heavy atom. The molecule has 0 saturated carbocycles. The Labute approximate surface area is 199 Å². The Morgan fingerprint density at radius 3 is 2.56 bits per heavy atom. The molecule has 1 heterocycles. The lowest BCUT2D eigenvalue weighted by Crippen LogP contribution is -2.36. The second-order valence-corrected chi connectivity index (χ2v) is 8.34. The van der Waals surface area contributed by atoms with Gasteiger partial charge in [-0.15, -0.1) is 0 Å². The van der Waals surface area contributed by atoms with E-state index < -0.39 is 29.6 Å². The molecule has 9 heteroatoms. The van der Waals surface area contributed by atoms with Crippen molar-refractivity contribution in [1.82, 2.24) is 4.90 Å². The minimum Gasteiger partial charge on any atom is -0.493 e. The third-order valence-electron chi connectivity index (χ3n) is 4.98. The van der Waals surface area contributed by atoms with E-state index in [4.69, 9.17) is 9.47 Å².